The first kappa shape index (κ1) is 13.8. The molecule has 2 aromatic rings. The third-order valence-electron chi connectivity index (χ3n) is 3.87. The van der Waals surface area contributed by atoms with Crippen molar-refractivity contribution >= 4 is 15.9 Å². The van der Waals surface area contributed by atoms with Crippen molar-refractivity contribution in [2.75, 3.05) is 0 Å². The molecule has 5 heteroatoms. The number of nitrogens with zero attached hydrogens (tertiary/aromatic N) is 3. The molecule has 0 fully saturated rings. The van der Waals surface area contributed by atoms with Crippen LogP contribution in [-0.4, -0.2) is 14.8 Å². The lowest BCUT2D eigenvalue weighted by Gasteiger charge is -2.17. The van der Waals surface area contributed by atoms with Crippen LogP contribution >= 0.6 is 15.9 Å². The smallest absolute Gasteiger partial charge is 0.147 e. The highest BCUT2D eigenvalue weighted by Crippen LogP contribution is 2.18. The second-order valence-corrected chi connectivity index (χ2v) is 6.21. The van der Waals surface area contributed by atoms with Crippen LogP contribution in [0.3, 0.4) is 0 Å². The number of nitrogens with one attached hydrogen (secondary N) is 1. The Morgan fingerprint density at radius 2 is 2.05 bits per heavy atom. The van der Waals surface area contributed by atoms with Gasteiger partial charge in [-0.25, -0.2) is 0 Å². The molecule has 2 heterocycles. The fourth-order valence-electron chi connectivity index (χ4n) is 2.61. The largest absolute Gasteiger partial charge is 0.314 e. The van der Waals surface area contributed by atoms with Gasteiger partial charge in [-0.1, -0.05) is 28.1 Å². The summed E-state index contributed by atoms with van der Waals surface area (Å²) in [5.41, 5.74) is 1.28. The number of rotatable bonds is 4. The van der Waals surface area contributed by atoms with Crippen LogP contribution in [0.2, 0.25) is 0 Å². The molecule has 1 atom stereocenters. The average molecular weight is 335 g/mol. The molecule has 1 aromatic carbocycles. The molecule has 0 saturated heterocycles. The zero-order valence-electron chi connectivity index (χ0n) is 11.6. The van der Waals surface area contributed by atoms with Gasteiger partial charge in [0, 0.05) is 23.5 Å². The summed E-state index contributed by atoms with van der Waals surface area (Å²) in [5, 5.41) is 12.1. The number of hydrogen-bond acceptors (Lipinski definition) is 3. The first-order valence-corrected chi connectivity index (χ1v) is 7.93. The van der Waals surface area contributed by atoms with Gasteiger partial charge < -0.3 is 9.88 Å². The van der Waals surface area contributed by atoms with Gasteiger partial charge in [-0.05, 0) is 37.5 Å². The number of aryl methyl sites for hydroxylation is 1. The molecular weight excluding hydrogens is 316 g/mol. The van der Waals surface area contributed by atoms with E-state index in [4.69, 9.17) is 0 Å². The number of halogens is 1. The molecule has 0 amide bonds. The third kappa shape index (κ3) is 2.94. The van der Waals surface area contributed by atoms with E-state index in [-0.39, 0.29) is 0 Å². The van der Waals surface area contributed by atoms with E-state index in [0.29, 0.717) is 6.04 Å². The molecule has 0 bridgehead atoms. The van der Waals surface area contributed by atoms with Crippen molar-refractivity contribution in [2.45, 2.75) is 45.3 Å². The first-order chi connectivity index (χ1) is 9.74. The van der Waals surface area contributed by atoms with Crippen molar-refractivity contribution in [3.63, 3.8) is 0 Å². The van der Waals surface area contributed by atoms with Crippen LogP contribution in [0, 0.1) is 0 Å². The molecule has 0 aliphatic carbocycles. The lowest BCUT2D eigenvalue weighted by molar-refractivity contribution is 0.484. The van der Waals surface area contributed by atoms with Crippen LogP contribution < -0.4 is 5.32 Å². The third-order valence-corrected chi connectivity index (χ3v) is 4.40. The predicted molar refractivity (Wildman–Crippen MR) is 82.4 cm³/mol. The predicted octanol–water partition coefficient (Wildman–Crippen LogP) is 3.23. The van der Waals surface area contributed by atoms with Crippen molar-refractivity contribution in [1.82, 2.24) is 20.1 Å². The zero-order valence-corrected chi connectivity index (χ0v) is 13.2. The topological polar surface area (TPSA) is 42.7 Å². The zero-order chi connectivity index (χ0) is 13.9. The Hall–Kier alpha value is -1.20. The fraction of sp³-hybridized carbons (Fsp3) is 0.467. The van der Waals surface area contributed by atoms with Gasteiger partial charge in [-0.2, -0.15) is 0 Å². The lowest BCUT2D eigenvalue weighted by Crippen LogP contribution is -2.22. The molecule has 1 N–H and O–H groups in total. The minimum absolute atomic E-state index is 0.305. The quantitative estimate of drug-likeness (QED) is 0.933. The first-order valence-electron chi connectivity index (χ1n) is 7.14. The molecule has 0 saturated carbocycles. The Morgan fingerprint density at radius 3 is 2.85 bits per heavy atom. The molecule has 4 nitrogen and oxygen atoms in total. The van der Waals surface area contributed by atoms with Gasteiger partial charge in [0.25, 0.3) is 0 Å². The Labute approximate surface area is 127 Å². The fourth-order valence-corrected chi connectivity index (χ4v) is 2.88. The summed E-state index contributed by atoms with van der Waals surface area (Å²) >= 11 is 3.46. The highest BCUT2D eigenvalue weighted by molar-refractivity contribution is 9.10. The van der Waals surface area contributed by atoms with E-state index in [1.165, 1.54) is 18.4 Å². The summed E-state index contributed by atoms with van der Waals surface area (Å²) in [5.74, 6) is 2.20. The summed E-state index contributed by atoms with van der Waals surface area (Å²) in [4.78, 5) is 0. The summed E-state index contributed by atoms with van der Waals surface area (Å²) in [6.07, 6.45) is 3.54. The van der Waals surface area contributed by atoms with E-state index in [9.17, 15) is 0 Å². The molecule has 1 aromatic heterocycles. The van der Waals surface area contributed by atoms with Gasteiger partial charge in [0.05, 0.1) is 6.54 Å². The lowest BCUT2D eigenvalue weighted by atomic mass is 10.1. The Morgan fingerprint density at radius 1 is 1.25 bits per heavy atom. The number of aromatic nitrogens is 3. The standard InChI is InChI=1S/C15H19BrN4/c1-11(12-5-7-13(16)8-6-12)17-10-15-19-18-14-4-2-3-9-20(14)15/h5-8,11,17H,2-4,9-10H2,1H3. The van der Waals surface area contributed by atoms with Crippen molar-refractivity contribution in [1.29, 1.82) is 0 Å². The molecule has 20 heavy (non-hydrogen) atoms. The van der Waals surface area contributed by atoms with Crippen LogP contribution in [-0.2, 0) is 19.5 Å². The summed E-state index contributed by atoms with van der Waals surface area (Å²) in [7, 11) is 0. The van der Waals surface area contributed by atoms with Gasteiger partial charge >= 0.3 is 0 Å². The van der Waals surface area contributed by atoms with Crippen LogP contribution in [0.15, 0.2) is 28.7 Å². The van der Waals surface area contributed by atoms with Crippen molar-refractivity contribution < 1.29 is 0 Å². The van der Waals surface area contributed by atoms with E-state index in [1.54, 1.807) is 0 Å². The van der Waals surface area contributed by atoms with Gasteiger partial charge in [0.2, 0.25) is 0 Å². The average Bonchev–Trinajstić information content (AvgIpc) is 2.89. The van der Waals surface area contributed by atoms with E-state index in [2.05, 4.69) is 67.2 Å². The highest BCUT2D eigenvalue weighted by atomic mass is 79.9. The van der Waals surface area contributed by atoms with E-state index in [0.717, 1.165) is 35.6 Å². The van der Waals surface area contributed by atoms with Gasteiger partial charge in [0.1, 0.15) is 11.6 Å². The second kappa shape index (κ2) is 6.06. The summed E-state index contributed by atoms with van der Waals surface area (Å²) in [6.45, 7) is 4.01. The van der Waals surface area contributed by atoms with Crippen LogP contribution in [0.4, 0.5) is 0 Å². The molecule has 0 radical (unpaired) electrons. The van der Waals surface area contributed by atoms with Gasteiger partial charge in [-0.3, -0.25) is 0 Å². The maximum atomic E-state index is 4.32. The number of fused-ring (bicyclic) bond motifs is 1. The monoisotopic (exact) mass is 334 g/mol. The van der Waals surface area contributed by atoms with Crippen LogP contribution in [0.25, 0.3) is 0 Å². The number of hydrogen-bond donors (Lipinski definition) is 1. The Bertz CT molecular complexity index is 576. The van der Waals surface area contributed by atoms with E-state index in [1.807, 2.05) is 0 Å². The van der Waals surface area contributed by atoms with Crippen LogP contribution in [0.1, 0.15) is 43.0 Å². The molecular formula is C15H19BrN4. The molecule has 0 spiro atoms. The minimum atomic E-state index is 0.305. The van der Waals surface area contributed by atoms with Gasteiger partial charge in [0.15, 0.2) is 0 Å². The molecule has 1 aliphatic rings. The Kier molecular flexibility index (Phi) is 4.17. The van der Waals surface area contributed by atoms with Gasteiger partial charge in [-0.15, -0.1) is 10.2 Å². The SMILES string of the molecule is CC(NCc1nnc2n1CCCC2)c1ccc(Br)cc1. The van der Waals surface area contributed by atoms with Crippen molar-refractivity contribution in [3.05, 3.63) is 46.0 Å². The normalized spacial score (nSPS) is 15.9. The second-order valence-electron chi connectivity index (χ2n) is 5.30. The minimum Gasteiger partial charge on any atom is -0.314 e. The maximum Gasteiger partial charge on any atom is 0.147 e. The summed E-state index contributed by atoms with van der Waals surface area (Å²) < 4.78 is 3.38. The molecule has 106 valence electrons. The maximum absolute atomic E-state index is 4.32. The Balaban J connectivity index is 1.64. The van der Waals surface area contributed by atoms with E-state index < -0.39 is 0 Å². The molecule has 1 aliphatic heterocycles. The summed E-state index contributed by atoms with van der Waals surface area (Å²) in [6, 6.07) is 8.74. The van der Waals surface area contributed by atoms with Crippen molar-refractivity contribution in [2.24, 2.45) is 0 Å². The molecule has 1 unspecified atom stereocenters. The van der Waals surface area contributed by atoms with E-state index >= 15 is 0 Å². The van der Waals surface area contributed by atoms with Crippen LogP contribution in [0.5, 0.6) is 0 Å². The number of benzene rings is 1. The molecule has 3 rings (SSSR count). The highest BCUT2D eigenvalue weighted by Gasteiger charge is 2.16. The van der Waals surface area contributed by atoms with Crippen molar-refractivity contribution in [3.8, 4) is 0 Å².